The molecule has 7 rings (SSSR count). The summed E-state index contributed by atoms with van der Waals surface area (Å²) in [5, 5.41) is 22.6. The van der Waals surface area contributed by atoms with Crippen molar-refractivity contribution in [3.05, 3.63) is 87.3 Å². The summed E-state index contributed by atoms with van der Waals surface area (Å²) in [5.41, 5.74) is 3.67. The number of H-pyrrole nitrogens is 1. The van der Waals surface area contributed by atoms with Crippen molar-refractivity contribution >= 4 is 29.2 Å². The Morgan fingerprint density at radius 2 is 2.00 bits per heavy atom. The third-order valence-corrected chi connectivity index (χ3v) is 7.29. The number of fused-ring (bicyclic) bond motifs is 3. The molecule has 0 fully saturated rings. The molecule has 216 valence electrons. The Kier molecular flexibility index (Phi) is 6.11. The number of hydrogen-bond acceptors (Lipinski definition) is 10. The number of anilines is 1. The number of carbonyl (C=O) groups excluding carboxylic acids is 3. The van der Waals surface area contributed by atoms with Crippen LogP contribution in [0.25, 0.3) is 17.2 Å². The molecule has 43 heavy (non-hydrogen) atoms. The van der Waals surface area contributed by atoms with E-state index in [0.717, 1.165) is 21.7 Å². The monoisotopic (exact) mass is 582 g/mol. The van der Waals surface area contributed by atoms with Crippen molar-refractivity contribution in [1.82, 2.24) is 35.1 Å². The zero-order valence-electron chi connectivity index (χ0n) is 22.2. The number of amides is 3. The van der Waals surface area contributed by atoms with Crippen molar-refractivity contribution in [2.45, 2.75) is 25.4 Å². The number of rotatable bonds is 6. The largest absolute Gasteiger partial charge is 0.493 e. The van der Waals surface area contributed by atoms with E-state index < -0.39 is 17.6 Å². The van der Waals surface area contributed by atoms with E-state index in [1.54, 1.807) is 24.3 Å². The van der Waals surface area contributed by atoms with Gasteiger partial charge in [0.05, 0.1) is 17.9 Å². The summed E-state index contributed by atoms with van der Waals surface area (Å²) in [4.78, 5) is 60.4. The summed E-state index contributed by atoms with van der Waals surface area (Å²) in [7, 11) is 0. The number of aryl methyl sites for hydroxylation is 1. The molecule has 1 aliphatic carbocycles. The first-order valence-electron chi connectivity index (χ1n) is 13.2. The summed E-state index contributed by atoms with van der Waals surface area (Å²) in [5.74, 6) is -1.51. The first-order chi connectivity index (χ1) is 20.8. The van der Waals surface area contributed by atoms with Gasteiger partial charge in [0, 0.05) is 12.1 Å². The van der Waals surface area contributed by atoms with Crippen LogP contribution in [0.15, 0.2) is 58.0 Å². The van der Waals surface area contributed by atoms with E-state index in [9.17, 15) is 24.3 Å². The first kappa shape index (κ1) is 25.9. The van der Waals surface area contributed by atoms with Gasteiger partial charge in [0.25, 0.3) is 17.7 Å². The molecular weight excluding hydrogens is 560 g/mol. The highest BCUT2D eigenvalue weighted by Crippen LogP contribution is 2.34. The molecule has 0 saturated carbocycles. The fraction of sp³-hybridized carbons (Fsp3) is 0.179. The van der Waals surface area contributed by atoms with Gasteiger partial charge in [-0.2, -0.15) is 0 Å². The van der Waals surface area contributed by atoms with Gasteiger partial charge in [0.1, 0.15) is 17.1 Å². The Labute approximate surface area is 240 Å². The van der Waals surface area contributed by atoms with Gasteiger partial charge < -0.3 is 25.8 Å². The Balaban J connectivity index is 1.10. The van der Waals surface area contributed by atoms with Crippen molar-refractivity contribution in [2.75, 3.05) is 11.9 Å². The van der Waals surface area contributed by atoms with Gasteiger partial charge in [0.2, 0.25) is 11.7 Å². The van der Waals surface area contributed by atoms with E-state index in [4.69, 9.17) is 4.74 Å². The maximum Gasteiger partial charge on any atom is 0.439 e. The zero-order valence-corrected chi connectivity index (χ0v) is 22.2. The second kappa shape index (κ2) is 10.1. The summed E-state index contributed by atoms with van der Waals surface area (Å²) < 4.78 is 11.1. The summed E-state index contributed by atoms with van der Waals surface area (Å²) in [6, 6.07) is 11.6. The average Bonchev–Trinajstić information content (AvgIpc) is 3.73. The van der Waals surface area contributed by atoms with Crippen molar-refractivity contribution in [1.29, 1.82) is 0 Å². The predicted molar refractivity (Wildman–Crippen MR) is 147 cm³/mol. The van der Waals surface area contributed by atoms with Crippen molar-refractivity contribution in [3.8, 4) is 23.0 Å². The molecule has 0 bridgehead atoms. The lowest BCUT2D eigenvalue weighted by Crippen LogP contribution is -2.30. The molecule has 0 unspecified atom stereocenters. The molecule has 1 aliphatic heterocycles. The van der Waals surface area contributed by atoms with Crippen molar-refractivity contribution in [3.63, 3.8) is 0 Å². The van der Waals surface area contributed by atoms with Crippen LogP contribution in [-0.4, -0.2) is 53.9 Å². The molecule has 2 aromatic carbocycles. The molecule has 0 spiro atoms. The highest BCUT2D eigenvalue weighted by molar-refractivity contribution is 5.99. The number of nitrogens with zero attached hydrogens (tertiary/aromatic N) is 4. The van der Waals surface area contributed by atoms with Crippen molar-refractivity contribution < 1.29 is 28.8 Å². The molecule has 15 heteroatoms. The second-order valence-corrected chi connectivity index (χ2v) is 10.1. The summed E-state index contributed by atoms with van der Waals surface area (Å²) in [6.07, 6.45) is 2.43. The number of carbonyl (C=O) groups is 3. The highest BCUT2D eigenvalue weighted by Gasteiger charge is 2.27. The van der Waals surface area contributed by atoms with E-state index >= 15 is 0 Å². The number of nitrogens with one attached hydrogen (secondary N) is 4. The summed E-state index contributed by atoms with van der Waals surface area (Å²) >= 11 is 0. The molecule has 1 atom stereocenters. The normalized spacial score (nSPS) is 15.3. The Bertz CT molecular complexity index is 2010. The Hall–Kier alpha value is -5.99. The van der Waals surface area contributed by atoms with Gasteiger partial charge in [-0.1, -0.05) is 23.4 Å². The second-order valence-electron chi connectivity index (χ2n) is 10.1. The van der Waals surface area contributed by atoms with E-state index in [2.05, 4.69) is 40.6 Å². The fourth-order valence-electron chi connectivity index (χ4n) is 5.28. The van der Waals surface area contributed by atoms with Crippen LogP contribution in [0.1, 0.15) is 50.1 Å². The van der Waals surface area contributed by atoms with E-state index in [1.807, 2.05) is 12.1 Å². The zero-order chi connectivity index (χ0) is 29.7. The minimum atomic E-state index is -0.649. The number of imidazole rings is 1. The number of ether oxygens (including phenoxy) is 1. The van der Waals surface area contributed by atoms with E-state index in [1.165, 1.54) is 6.07 Å². The molecule has 5 aromatic rings. The number of aromatic hydroxyl groups is 1. The molecule has 4 heterocycles. The lowest BCUT2D eigenvalue weighted by Gasteiger charge is -2.18. The van der Waals surface area contributed by atoms with Crippen molar-refractivity contribution in [2.24, 2.45) is 0 Å². The Morgan fingerprint density at radius 1 is 1.12 bits per heavy atom. The standard InChI is InChI=1S/C28H22N8O7/c37-22-12-42-21-6-1-13(7-18(21)31-22)10-29-25(39)19-9-20(36-23(38)11-30-27(36)33-19)26(40)32-17-5-3-14-8-15(2-4-16(14)17)24-34-28(41)43-35-24/h1-2,4,6-9,11,17,38H,3,5,10,12H2,(H,29,39)(H,31,37)(H,32,40)(H,34,35,41)/t17-/m0/s1. The minimum Gasteiger partial charge on any atom is -0.493 e. The van der Waals surface area contributed by atoms with Gasteiger partial charge in [-0.25, -0.2) is 19.2 Å². The highest BCUT2D eigenvalue weighted by atomic mass is 16.5. The lowest BCUT2D eigenvalue weighted by molar-refractivity contribution is -0.118. The first-order valence-corrected chi connectivity index (χ1v) is 13.2. The van der Waals surface area contributed by atoms with Gasteiger partial charge in [-0.05, 0) is 53.8 Å². The quantitative estimate of drug-likeness (QED) is 0.195. The van der Waals surface area contributed by atoms with Crippen LogP contribution in [-0.2, 0) is 17.8 Å². The van der Waals surface area contributed by atoms with Gasteiger partial charge in [0.15, 0.2) is 12.4 Å². The smallest absolute Gasteiger partial charge is 0.439 e. The molecular formula is C28H22N8O7. The third-order valence-electron chi connectivity index (χ3n) is 7.29. The molecule has 0 radical (unpaired) electrons. The van der Waals surface area contributed by atoms with Crippen LogP contribution in [0, 0.1) is 0 Å². The van der Waals surface area contributed by atoms with Crippen LogP contribution in [0.5, 0.6) is 11.6 Å². The number of aromatic nitrogens is 5. The molecule has 3 amide bonds. The number of hydrogen-bond donors (Lipinski definition) is 5. The lowest BCUT2D eigenvalue weighted by atomic mass is 10.0. The number of benzene rings is 2. The Morgan fingerprint density at radius 3 is 2.84 bits per heavy atom. The molecule has 0 saturated heterocycles. The number of aromatic amines is 1. The fourth-order valence-corrected chi connectivity index (χ4v) is 5.28. The minimum absolute atomic E-state index is 0.0240. The van der Waals surface area contributed by atoms with E-state index in [0.29, 0.717) is 41.2 Å². The van der Waals surface area contributed by atoms with Crippen LogP contribution in [0.4, 0.5) is 5.69 Å². The van der Waals surface area contributed by atoms with Crippen LogP contribution < -0.4 is 26.4 Å². The maximum atomic E-state index is 13.5. The summed E-state index contributed by atoms with van der Waals surface area (Å²) in [6.45, 7) is 0.0523. The molecule has 2 aliphatic rings. The molecule has 15 nitrogen and oxygen atoms in total. The SMILES string of the molecule is O=C1COc2ccc(CNC(=O)c3cc(C(=O)N[C@H]4CCc5cc(-c6noc(=O)[nH]6)ccc54)n4c(O)cnc4n3)cc2N1. The van der Waals surface area contributed by atoms with Gasteiger partial charge in [-0.3, -0.25) is 23.9 Å². The maximum absolute atomic E-state index is 13.5. The van der Waals surface area contributed by atoms with E-state index in [-0.39, 0.29) is 48.1 Å². The molecule has 3 aromatic heterocycles. The third kappa shape index (κ3) is 4.81. The average molecular weight is 583 g/mol. The topological polar surface area (TPSA) is 206 Å². The molecule has 5 N–H and O–H groups in total. The van der Waals surface area contributed by atoms with Crippen LogP contribution >= 0.6 is 0 Å². The predicted octanol–water partition coefficient (Wildman–Crippen LogP) is 1.46. The van der Waals surface area contributed by atoms with Crippen LogP contribution in [0.3, 0.4) is 0 Å². The van der Waals surface area contributed by atoms with Gasteiger partial charge in [-0.15, -0.1) is 0 Å². The van der Waals surface area contributed by atoms with Gasteiger partial charge >= 0.3 is 5.76 Å². The van der Waals surface area contributed by atoms with Crippen LogP contribution in [0.2, 0.25) is 0 Å².